The van der Waals surface area contributed by atoms with Gasteiger partial charge in [0.25, 0.3) is 5.56 Å². The molecule has 0 saturated heterocycles. The van der Waals surface area contributed by atoms with Crippen LogP contribution in [-0.2, 0) is 4.79 Å². The van der Waals surface area contributed by atoms with E-state index in [0.717, 1.165) is 25.7 Å². The molecular formula is C22H25N3O3S. The molecule has 1 aliphatic carbocycles. The predicted molar refractivity (Wildman–Crippen MR) is 114 cm³/mol. The minimum atomic E-state index is -0.205. The van der Waals surface area contributed by atoms with Crippen molar-refractivity contribution in [1.82, 2.24) is 14.9 Å². The van der Waals surface area contributed by atoms with Crippen LogP contribution < -0.4 is 10.9 Å². The Labute approximate surface area is 173 Å². The van der Waals surface area contributed by atoms with E-state index in [4.69, 9.17) is 9.40 Å². The Balaban J connectivity index is 1.57. The molecule has 0 radical (unpaired) electrons. The number of hydrogen-bond donors (Lipinski definition) is 1. The lowest BCUT2D eigenvalue weighted by Crippen LogP contribution is -2.31. The molecular weight excluding hydrogens is 386 g/mol. The number of benzene rings is 1. The van der Waals surface area contributed by atoms with Crippen molar-refractivity contribution in [2.45, 2.75) is 56.3 Å². The van der Waals surface area contributed by atoms with Crippen LogP contribution in [0.3, 0.4) is 0 Å². The van der Waals surface area contributed by atoms with E-state index in [0.29, 0.717) is 21.8 Å². The number of furan rings is 1. The summed E-state index contributed by atoms with van der Waals surface area (Å²) in [6.07, 6.45) is 7.01. The normalized spacial score (nSPS) is 16.0. The van der Waals surface area contributed by atoms with Crippen molar-refractivity contribution in [2.75, 3.05) is 5.75 Å². The van der Waals surface area contributed by atoms with Gasteiger partial charge in [-0.05, 0) is 44.0 Å². The number of nitrogens with one attached hydrogen (secondary N) is 1. The van der Waals surface area contributed by atoms with Crippen LogP contribution in [0.1, 0.15) is 56.9 Å². The molecule has 7 heteroatoms. The molecule has 1 amide bonds. The van der Waals surface area contributed by atoms with Crippen LogP contribution in [0.2, 0.25) is 0 Å². The molecule has 3 aromatic rings. The van der Waals surface area contributed by atoms with E-state index in [9.17, 15) is 9.59 Å². The second-order valence-corrected chi connectivity index (χ2v) is 8.41. The van der Waals surface area contributed by atoms with Gasteiger partial charge < -0.3 is 9.73 Å². The SMILES string of the molecule is C[C@H](NC(=O)CSc1nc2ccccc2c(=O)n1C1CCCCC1)c1ccco1. The Morgan fingerprint density at radius 1 is 1.24 bits per heavy atom. The van der Waals surface area contributed by atoms with Crippen molar-refractivity contribution >= 4 is 28.6 Å². The number of fused-ring (bicyclic) bond motifs is 1. The van der Waals surface area contributed by atoms with Gasteiger partial charge in [-0.3, -0.25) is 14.2 Å². The van der Waals surface area contributed by atoms with Crippen molar-refractivity contribution in [3.05, 3.63) is 58.8 Å². The van der Waals surface area contributed by atoms with Crippen LogP contribution in [-0.4, -0.2) is 21.2 Å². The van der Waals surface area contributed by atoms with Crippen LogP contribution in [0, 0.1) is 0 Å². The molecule has 1 fully saturated rings. The van der Waals surface area contributed by atoms with E-state index in [1.54, 1.807) is 12.3 Å². The lowest BCUT2D eigenvalue weighted by atomic mass is 9.95. The van der Waals surface area contributed by atoms with Gasteiger partial charge in [-0.15, -0.1) is 0 Å². The Hall–Kier alpha value is -2.54. The van der Waals surface area contributed by atoms with Gasteiger partial charge in [0.15, 0.2) is 5.16 Å². The second kappa shape index (κ2) is 8.86. The number of rotatable bonds is 6. The van der Waals surface area contributed by atoms with Crippen LogP contribution in [0.4, 0.5) is 0 Å². The third-order valence-corrected chi connectivity index (χ3v) is 6.35. The maximum Gasteiger partial charge on any atom is 0.262 e. The first-order chi connectivity index (χ1) is 14.1. The minimum absolute atomic E-state index is 0.00522. The third kappa shape index (κ3) is 4.40. The highest BCUT2D eigenvalue weighted by Crippen LogP contribution is 2.31. The molecule has 2 aromatic heterocycles. The van der Waals surface area contributed by atoms with Crippen LogP contribution in [0.15, 0.2) is 57.0 Å². The van der Waals surface area contributed by atoms with E-state index in [-0.39, 0.29) is 29.3 Å². The summed E-state index contributed by atoms with van der Waals surface area (Å²) in [5, 5.41) is 4.20. The van der Waals surface area contributed by atoms with Crippen molar-refractivity contribution in [3.8, 4) is 0 Å². The highest BCUT2D eigenvalue weighted by Gasteiger charge is 2.22. The van der Waals surface area contributed by atoms with Crippen molar-refractivity contribution in [1.29, 1.82) is 0 Å². The summed E-state index contributed by atoms with van der Waals surface area (Å²) in [6, 6.07) is 11.0. The zero-order chi connectivity index (χ0) is 20.2. The second-order valence-electron chi connectivity index (χ2n) is 7.47. The summed E-state index contributed by atoms with van der Waals surface area (Å²) in [7, 11) is 0. The maximum absolute atomic E-state index is 13.2. The monoisotopic (exact) mass is 411 g/mol. The molecule has 2 heterocycles. The topological polar surface area (TPSA) is 77.1 Å². The van der Waals surface area contributed by atoms with Gasteiger partial charge in [-0.1, -0.05) is 43.2 Å². The first-order valence-corrected chi connectivity index (χ1v) is 11.1. The van der Waals surface area contributed by atoms with E-state index in [1.807, 2.05) is 41.8 Å². The molecule has 1 atom stereocenters. The molecule has 29 heavy (non-hydrogen) atoms. The fourth-order valence-corrected chi connectivity index (χ4v) is 4.79. The number of hydrogen-bond acceptors (Lipinski definition) is 5. The first-order valence-electron chi connectivity index (χ1n) is 10.1. The Bertz CT molecular complexity index is 1040. The number of aromatic nitrogens is 2. The molecule has 1 N–H and O–H groups in total. The van der Waals surface area contributed by atoms with Crippen LogP contribution in [0.5, 0.6) is 0 Å². The quantitative estimate of drug-likeness (QED) is 0.478. The van der Waals surface area contributed by atoms with Gasteiger partial charge in [-0.25, -0.2) is 4.98 Å². The van der Waals surface area contributed by atoms with Gasteiger partial charge in [0.2, 0.25) is 5.91 Å². The molecule has 4 rings (SSSR count). The average molecular weight is 412 g/mol. The van der Waals surface area contributed by atoms with Crippen LogP contribution >= 0.6 is 11.8 Å². The number of para-hydroxylation sites is 1. The summed E-state index contributed by atoms with van der Waals surface area (Å²) in [5.74, 6) is 0.797. The molecule has 1 aliphatic rings. The number of amides is 1. The summed E-state index contributed by atoms with van der Waals surface area (Å²) in [6.45, 7) is 1.88. The maximum atomic E-state index is 13.2. The number of nitrogens with zero attached hydrogens (tertiary/aromatic N) is 2. The smallest absolute Gasteiger partial charge is 0.262 e. The van der Waals surface area contributed by atoms with Crippen molar-refractivity contribution in [2.24, 2.45) is 0 Å². The standard InChI is InChI=1S/C22H25N3O3S/c1-15(19-12-7-13-28-19)23-20(26)14-29-22-24-18-11-6-5-10-17(18)21(27)25(22)16-8-3-2-4-9-16/h5-7,10-13,15-16H,2-4,8-9,14H2,1H3,(H,23,26)/t15-/m0/s1. The van der Waals surface area contributed by atoms with Crippen molar-refractivity contribution in [3.63, 3.8) is 0 Å². The van der Waals surface area contributed by atoms with Gasteiger partial charge in [0.05, 0.1) is 29.0 Å². The summed E-state index contributed by atoms with van der Waals surface area (Å²) < 4.78 is 7.17. The summed E-state index contributed by atoms with van der Waals surface area (Å²) in [5.41, 5.74) is 0.672. The lowest BCUT2D eigenvalue weighted by Gasteiger charge is -2.26. The molecule has 0 spiro atoms. The van der Waals surface area contributed by atoms with Crippen LogP contribution in [0.25, 0.3) is 10.9 Å². The Morgan fingerprint density at radius 2 is 2.03 bits per heavy atom. The van der Waals surface area contributed by atoms with Gasteiger partial charge >= 0.3 is 0 Å². The molecule has 0 unspecified atom stereocenters. The zero-order valence-electron chi connectivity index (χ0n) is 16.5. The number of carbonyl (C=O) groups excluding carboxylic acids is 1. The minimum Gasteiger partial charge on any atom is -0.467 e. The molecule has 0 aliphatic heterocycles. The largest absolute Gasteiger partial charge is 0.467 e. The van der Waals surface area contributed by atoms with Gasteiger partial charge in [0, 0.05) is 6.04 Å². The Kier molecular flexibility index (Phi) is 6.04. The number of carbonyl (C=O) groups is 1. The zero-order valence-corrected chi connectivity index (χ0v) is 17.3. The summed E-state index contributed by atoms with van der Waals surface area (Å²) in [4.78, 5) is 30.4. The van der Waals surface area contributed by atoms with E-state index in [1.165, 1.54) is 18.2 Å². The highest BCUT2D eigenvalue weighted by atomic mass is 32.2. The highest BCUT2D eigenvalue weighted by molar-refractivity contribution is 7.99. The van der Waals surface area contributed by atoms with Crippen molar-refractivity contribution < 1.29 is 9.21 Å². The van der Waals surface area contributed by atoms with E-state index in [2.05, 4.69) is 5.32 Å². The van der Waals surface area contributed by atoms with E-state index < -0.39 is 0 Å². The Morgan fingerprint density at radius 3 is 2.79 bits per heavy atom. The lowest BCUT2D eigenvalue weighted by molar-refractivity contribution is -0.119. The fourth-order valence-electron chi connectivity index (χ4n) is 3.91. The molecule has 0 bridgehead atoms. The van der Waals surface area contributed by atoms with Gasteiger partial charge in [-0.2, -0.15) is 0 Å². The molecule has 6 nitrogen and oxygen atoms in total. The third-order valence-electron chi connectivity index (χ3n) is 5.40. The summed E-state index contributed by atoms with van der Waals surface area (Å²) >= 11 is 1.33. The fraction of sp³-hybridized carbons (Fsp3) is 0.409. The molecule has 1 aromatic carbocycles. The van der Waals surface area contributed by atoms with Gasteiger partial charge in [0.1, 0.15) is 5.76 Å². The molecule has 152 valence electrons. The molecule has 1 saturated carbocycles. The first kappa shape index (κ1) is 19.8. The van der Waals surface area contributed by atoms with E-state index >= 15 is 0 Å². The predicted octanol–water partition coefficient (Wildman–Crippen LogP) is 4.46. The average Bonchev–Trinajstić information content (AvgIpc) is 3.28. The number of thioether (sulfide) groups is 1.